The van der Waals surface area contributed by atoms with E-state index in [1.807, 2.05) is 19.1 Å². The molecular weight excluding hydrogens is 297 g/mol. The van der Waals surface area contributed by atoms with Gasteiger partial charge in [-0.2, -0.15) is 13.2 Å². The van der Waals surface area contributed by atoms with Crippen molar-refractivity contribution in [2.75, 3.05) is 6.61 Å². The number of unbranched alkanes of at least 4 members (excludes halogenated alkanes) is 1. The van der Waals surface area contributed by atoms with E-state index in [4.69, 9.17) is 15.7 Å². The van der Waals surface area contributed by atoms with Crippen molar-refractivity contribution in [2.45, 2.75) is 32.4 Å². The van der Waals surface area contributed by atoms with Crippen LogP contribution in [-0.4, -0.2) is 17.6 Å². The van der Waals surface area contributed by atoms with Crippen LogP contribution < -0.4 is 10.5 Å². The predicted molar refractivity (Wildman–Crippen MR) is 78.1 cm³/mol. The summed E-state index contributed by atoms with van der Waals surface area (Å²) in [6, 6.07) is 3.29. The molecule has 22 heavy (non-hydrogen) atoms. The molecule has 0 radical (unpaired) electrons. The van der Waals surface area contributed by atoms with Crippen LogP contribution in [0.2, 0.25) is 0 Å². The zero-order chi connectivity index (χ0) is 16.6. The molecule has 0 amide bonds. The van der Waals surface area contributed by atoms with Gasteiger partial charge in [0.1, 0.15) is 5.75 Å². The molecule has 4 nitrogen and oxygen atoms in total. The first-order valence-corrected chi connectivity index (χ1v) is 6.87. The second kappa shape index (κ2) is 8.31. The van der Waals surface area contributed by atoms with Crippen LogP contribution in [0.25, 0.3) is 0 Å². The van der Waals surface area contributed by atoms with Crippen molar-refractivity contribution in [1.29, 1.82) is 0 Å². The third-order valence-corrected chi connectivity index (χ3v) is 2.85. The van der Waals surface area contributed by atoms with E-state index in [1.165, 1.54) is 12.1 Å². The van der Waals surface area contributed by atoms with Crippen molar-refractivity contribution < 1.29 is 23.1 Å². The Balaban J connectivity index is 2.85. The monoisotopic (exact) mass is 316 g/mol. The normalized spacial score (nSPS) is 12.8. The van der Waals surface area contributed by atoms with E-state index >= 15 is 0 Å². The number of halogens is 3. The van der Waals surface area contributed by atoms with Gasteiger partial charge in [0.05, 0.1) is 12.2 Å². The van der Waals surface area contributed by atoms with E-state index in [2.05, 4.69) is 5.16 Å². The number of nitrogens with zero attached hydrogens (tertiary/aromatic N) is 1. The quantitative estimate of drug-likeness (QED) is 0.200. The summed E-state index contributed by atoms with van der Waals surface area (Å²) in [5.41, 5.74) is 4.33. The third kappa shape index (κ3) is 5.31. The highest BCUT2D eigenvalue weighted by Crippen LogP contribution is 2.36. The van der Waals surface area contributed by atoms with Gasteiger partial charge in [-0.1, -0.05) is 30.7 Å². The van der Waals surface area contributed by atoms with Crippen LogP contribution in [0.1, 0.15) is 37.3 Å². The molecule has 0 aromatic heterocycles. The van der Waals surface area contributed by atoms with Gasteiger partial charge in [0.25, 0.3) is 0 Å². The van der Waals surface area contributed by atoms with E-state index in [0.29, 0.717) is 6.42 Å². The number of alkyl halides is 3. The highest BCUT2D eigenvalue weighted by atomic mass is 19.4. The van der Waals surface area contributed by atoms with Crippen LogP contribution in [0, 0.1) is 0 Å². The number of benzene rings is 1. The molecule has 0 bridgehead atoms. The standard InChI is InChI=1S/C15H19F3N2O2/c1-2-3-4-5-6-9-22-13-8-7-11(14(19)20-21)10-12(13)15(16,17)18/h4-5,7-8,10,21H,2-3,6,9H2,1H3,(H2,19,20)/b5-4-. The molecule has 122 valence electrons. The molecule has 0 aliphatic heterocycles. The Bertz CT molecular complexity index is 540. The average molecular weight is 316 g/mol. The molecule has 0 atom stereocenters. The topological polar surface area (TPSA) is 67.8 Å². The summed E-state index contributed by atoms with van der Waals surface area (Å²) < 4.78 is 44.3. The second-order valence-corrected chi connectivity index (χ2v) is 4.59. The van der Waals surface area contributed by atoms with E-state index in [1.54, 1.807) is 0 Å². The molecule has 3 N–H and O–H groups in total. The maximum absolute atomic E-state index is 13.0. The summed E-state index contributed by atoms with van der Waals surface area (Å²) in [7, 11) is 0. The molecule has 0 fully saturated rings. The van der Waals surface area contributed by atoms with Gasteiger partial charge in [0.15, 0.2) is 5.84 Å². The number of hydrogen-bond donors (Lipinski definition) is 2. The minimum absolute atomic E-state index is 0.0231. The highest BCUT2D eigenvalue weighted by molar-refractivity contribution is 5.97. The molecule has 1 aromatic rings. The van der Waals surface area contributed by atoms with Crippen LogP contribution in [0.15, 0.2) is 35.5 Å². The van der Waals surface area contributed by atoms with Gasteiger partial charge in [-0.3, -0.25) is 0 Å². The first kappa shape index (κ1) is 17.9. The lowest BCUT2D eigenvalue weighted by atomic mass is 10.1. The molecule has 0 heterocycles. The lowest BCUT2D eigenvalue weighted by molar-refractivity contribution is -0.138. The van der Waals surface area contributed by atoms with Crippen molar-refractivity contribution in [3.8, 4) is 5.75 Å². The predicted octanol–water partition coefficient (Wildman–Crippen LogP) is 3.93. The molecule has 1 rings (SSSR count). The fraction of sp³-hybridized carbons (Fsp3) is 0.400. The van der Waals surface area contributed by atoms with Gasteiger partial charge in [-0.25, -0.2) is 0 Å². The van der Waals surface area contributed by atoms with E-state index < -0.39 is 11.7 Å². The van der Waals surface area contributed by atoms with Crippen molar-refractivity contribution in [3.63, 3.8) is 0 Å². The van der Waals surface area contributed by atoms with Crippen molar-refractivity contribution in [2.24, 2.45) is 10.9 Å². The summed E-state index contributed by atoms with van der Waals surface area (Å²) in [5, 5.41) is 11.2. The molecule has 0 spiro atoms. The Hall–Kier alpha value is -2.18. The molecule has 0 saturated heterocycles. The fourth-order valence-electron chi connectivity index (χ4n) is 1.73. The van der Waals surface area contributed by atoms with Gasteiger partial charge in [-0.05, 0) is 31.0 Å². The minimum Gasteiger partial charge on any atom is -0.493 e. The van der Waals surface area contributed by atoms with Gasteiger partial charge in [0, 0.05) is 5.56 Å². The van der Waals surface area contributed by atoms with Gasteiger partial charge < -0.3 is 15.7 Å². The van der Waals surface area contributed by atoms with Crippen LogP contribution in [-0.2, 0) is 6.18 Å². The Morgan fingerprint density at radius 3 is 2.59 bits per heavy atom. The first-order chi connectivity index (χ1) is 10.4. The van der Waals surface area contributed by atoms with Crippen LogP contribution in [0.3, 0.4) is 0 Å². The van der Waals surface area contributed by atoms with Crippen molar-refractivity contribution >= 4 is 5.84 Å². The van der Waals surface area contributed by atoms with Gasteiger partial charge in [0.2, 0.25) is 0 Å². The molecule has 1 aromatic carbocycles. The minimum atomic E-state index is -4.58. The van der Waals surface area contributed by atoms with Crippen molar-refractivity contribution in [3.05, 3.63) is 41.5 Å². The summed E-state index contributed by atoms with van der Waals surface area (Å²) in [4.78, 5) is 0. The zero-order valence-electron chi connectivity index (χ0n) is 12.2. The van der Waals surface area contributed by atoms with Crippen LogP contribution in [0.5, 0.6) is 5.75 Å². The lowest BCUT2D eigenvalue weighted by Crippen LogP contribution is -2.16. The van der Waals surface area contributed by atoms with Crippen molar-refractivity contribution in [1.82, 2.24) is 0 Å². The Kier molecular flexibility index (Phi) is 6.75. The smallest absolute Gasteiger partial charge is 0.419 e. The van der Waals surface area contributed by atoms with E-state index in [0.717, 1.165) is 18.9 Å². The second-order valence-electron chi connectivity index (χ2n) is 4.59. The number of allylic oxidation sites excluding steroid dienone is 1. The summed E-state index contributed by atoms with van der Waals surface area (Å²) in [5.74, 6) is -0.662. The Morgan fingerprint density at radius 1 is 1.32 bits per heavy atom. The Labute approximate surface area is 127 Å². The van der Waals surface area contributed by atoms with E-state index in [-0.39, 0.29) is 23.8 Å². The number of rotatable bonds is 7. The van der Waals surface area contributed by atoms with E-state index in [9.17, 15) is 13.2 Å². The Morgan fingerprint density at radius 2 is 2.00 bits per heavy atom. The summed E-state index contributed by atoms with van der Waals surface area (Å²) in [6.07, 6.45) is 1.74. The number of ether oxygens (including phenoxy) is 1. The maximum Gasteiger partial charge on any atom is 0.419 e. The summed E-state index contributed by atoms with van der Waals surface area (Å²) in [6.45, 7) is 2.19. The highest BCUT2D eigenvalue weighted by Gasteiger charge is 2.35. The molecule has 0 aliphatic carbocycles. The number of amidine groups is 1. The first-order valence-electron chi connectivity index (χ1n) is 6.87. The molecule has 7 heteroatoms. The number of hydrogen-bond acceptors (Lipinski definition) is 3. The van der Waals surface area contributed by atoms with Crippen LogP contribution in [0.4, 0.5) is 13.2 Å². The largest absolute Gasteiger partial charge is 0.493 e. The lowest BCUT2D eigenvalue weighted by Gasteiger charge is -2.14. The zero-order valence-corrected chi connectivity index (χ0v) is 12.2. The average Bonchev–Trinajstić information content (AvgIpc) is 2.49. The van der Waals surface area contributed by atoms with Crippen LogP contribution >= 0.6 is 0 Å². The summed E-state index contributed by atoms with van der Waals surface area (Å²) >= 11 is 0. The molecule has 0 saturated carbocycles. The number of nitrogens with two attached hydrogens (primary N) is 1. The SMILES string of the molecule is CCC/C=C\CCOc1ccc(/C(N)=N/O)cc1C(F)(F)F. The molecular formula is C15H19F3N2O2. The van der Waals surface area contributed by atoms with Gasteiger partial charge >= 0.3 is 6.18 Å². The fourth-order valence-corrected chi connectivity index (χ4v) is 1.73. The number of oxime groups is 1. The maximum atomic E-state index is 13.0. The molecule has 0 unspecified atom stereocenters. The third-order valence-electron chi connectivity index (χ3n) is 2.85. The van der Waals surface area contributed by atoms with Gasteiger partial charge in [-0.15, -0.1) is 0 Å². The molecule has 0 aliphatic rings.